The zero-order chi connectivity index (χ0) is 28.6. The number of nitrogens with one attached hydrogen (secondary N) is 2. The van der Waals surface area contributed by atoms with Crippen LogP contribution in [0.3, 0.4) is 0 Å². The highest BCUT2D eigenvalue weighted by Gasteiger charge is 2.44. The second-order valence-electron chi connectivity index (χ2n) is 11.7. The first kappa shape index (κ1) is 27.1. The van der Waals surface area contributed by atoms with Crippen LogP contribution in [0.25, 0.3) is 11.3 Å². The van der Waals surface area contributed by atoms with Crippen LogP contribution in [0.4, 0.5) is 0 Å². The first-order valence-electron chi connectivity index (χ1n) is 14.4. The second kappa shape index (κ2) is 11.0. The van der Waals surface area contributed by atoms with Gasteiger partial charge in [-0.15, -0.1) is 0 Å². The summed E-state index contributed by atoms with van der Waals surface area (Å²) in [6.45, 7) is 9.01. The number of hydrogen-bond acceptors (Lipinski definition) is 7. The number of aliphatic imine (C=N–C) groups is 1. The number of carbonyl (C=O) groups is 2. The van der Waals surface area contributed by atoms with E-state index >= 15 is 0 Å². The number of hydrogen-bond donors (Lipinski definition) is 2. The molecule has 3 aliphatic rings. The van der Waals surface area contributed by atoms with Crippen molar-refractivity contribution in [2.75, 3.05) is 19.6 Å². The Kier molecular flexibility index (Phi) is 7.30. The molecule has 9 heteroatoms. The Balaban J connectivity index is 1.28. The van der Waals surface area contributed by atoms with Gasteiger partial charge in [0.15, 0.2) is 0 Å². The van der Waals surface area contributed by atoms with Gasteiger partial charge in [-0.05, 0) is 80.2 Å². The average molecular weight is 553 g/mol. The van der Waals surface area contributed by atoms with Gasteiger partial charge in [-0.2, -0.15) is 10.2 Å². The van der Waals surface area contributed by atoms with Crippen LogP contribution >= 0.6 is 0 Å². The summed E-state index contributed by atoms with van der Waals surface area (Å²) in [4.78, 5) is 32.3. The normalized spacial score (nSPS) is 20.0. The van der Waals surface area contributed by atoms with Crippen molar-refractivity contribution < 1.29 is 14.3 Å². The fourth-order valence-corrected chi connectivity index (χ4v) is 5.71. The van der Waals surface area contributed by atoms with E-state index in [9.17, 15) is 9.59 Å². The van der Waals surface area contributed by atoms with Crippen molar-refractivity contribution >= 4 is 17.6 Å². The molecule has 0 bridgehead atoms. The first-order chi connectivity index (χ1) is 19.8. The molecule has 4 heterocycles. The van der Waals surface area contributed by atoms with Crippen molar-refractivity contribution in [2.24, 2.45) is 10.9 Å². The average Bonchev–Trinajstić information content (AvgIpc) is 3.46. The lowest BCUT2D eigenvalue weighted by Crippen LogP contribution is -2.47. The molecule has 0 saturated carbocycles. The minimum absolute atomic E-state index is 0.0442. The molecular formula is C32H36N6O3. The highest BCUT2D eigenvalue weighted by atomic mass is 16.5. The number of benzene rings is 2. The molecule has 1 atom stereocenters. The number of likely N-dealkylation sites (tertiary alicyclic amines) is 1. The molecule has 1 spiro atoms. The molecule has 1 aromatic heterocycles. The molecule has 2 N–H and O–H groups in total. The molecule has 0 radical (unpaired) electrons. The molecule has 212 valence electrons. The maximum absolute atomic E-state index is 12.9. The van der Waals surface area contributed by atoms with E-state index in [4.69, 9.17) is 9.73 Å². The number of amidine groups is 1. The van der Waals surface area contributed by atoms with Gasteiger partial charge in [0.1, 0.15) is 22.9 Å². The van der Waals surface area contributed by atoms with E-state index in [1.807, 2.05) is 59.5 Å². The van der Waals surface area contributed by atoms with Gasteiger partial charge < -0.3 is 20.3 Å². The fourth-order valence-electron chi connectivity index (χ4n) is 5.71. The monoisotopic (exact) mass is 552 g/mol. The molecule has 3 aromatic rings. The number of carbonyl (C=O) groups excluding carboxylic acids is 2. The third kappa shape index (κ3) is 5.59. The van der Waals surface area contributed by atoms with Crippen LogP contribution in [0.2, 0.25) is 0 Å². The Morgan fingerprint density at radius 1 is 1.00 bits per heavy atom. The van der Waals surface area contributed by atoms with E-state index < -0.39 is 5.54 Å². The molecule has 2 fully saturated rings. The lowest BCUT2D eigenvalue weighted by molar-refractivity contribution is -0.128. The third-order valence-corrected chi connectivity index (χ3v) is 8.18. The van der Waals surface area contributed by atoms with Crippen molar-refractivity contribution in [3.05, 3.63) is 71.4 Å². The zero-order valence-corrected chi connectivity index (χ0v) is 23.8. The molecule has 9 nitrogen and oxygen atoms in total. The summed E-state index contributed by atoms with van der Waals surface area (Å²) in [6, 6.07) is 17.6. The van der Waals surface area contributed by atoms with Gasteiger partial charge in [0.05, 0.1) is 11.4 Å². The third-order valence-electron chi connectivity index (χ3n) is 8.18. The van der Waals surface area contributed by atoms with Crippen molar-refractivity contribution in [3.8, 4) is 22.8 Å². The highest BCUT2D eigenvalue weighted by Crippen LogP contribution is 2.33. The number of rotatable bonds is 7. The summed E-state index contributed by atoms with van der Waals surface area (Å²) in [5.74, 6) is 2.63. The SMILES string of the molecule is CC(C)c1ccc(-c2ccc(Oc3cc(C4=NC5(CCNCC5)C(=O)N4)ccc3CN3C[C@@H](C)CC3=O)cc2)nn1. The zero-order valence-electron chi connectivity index (χ0n) is 23.8. The van der Waals surface area contributed by atoms with Gasteiger partial charge in [0.25, 0.3) is 5.91 Å². The highest BCUT2D eigenvalue weighted by molar-refractivity contribution is 6.15. The lowest BCUT2D eigenvalue weighted by Gasteiger charge is -2.28. The number of piperidine rings is 1. The number of aromatic nitrogens is 2. The predicted octanol–water partition coefficient (Wildman–Crippen LogP) is 4.43. The minimum Gasteiger partial charge on any atom is -0.457 e. The van der Waals surface area contributed by atoms with E-state index in [0.717, 1.165) is 47.7 Å². The van der Waals surface area contributed by atoms with Crippen LogP contribution in [0, 0.1) is 5.92 Å². The van der Waals surface area contributed by atoms with Crippen LogP contribution in [-0.2, 0) is 16.1 Å². The van der Waals surface area contributed by atoms with Crippen molar-refractivity contribution in [2.45, 2.75) is 58.0 Å². The van der Waals surface area contributed by atoms with Gasteiger partial charge in [-0.1, -0.05) is 32.9 Å². The predicted molar refractivity (Wildman–Crippen MR) is 157 cm³/mol. The van der Waals surface area contributed by atoms with Gasteiger partial charge in [-0.3, -0.25) is 14.6 Å². The fraction of sp³-hybridized carbons (Fsp3) is 0.406. The summed E-state index contributed by atoms with van der Waals surface area (Å²) < 4.78 is 6.44. The molecule has 0 unspecified atom stereocenters. The summed E-state index contributed by atoms with van der Waals surface area (Å²) in [6.07, 6.45) is 1.92. The van der Waals surface area contributed by atoms with E-state index in [1.165, 1.54) is 0 Å². The van der Waals surface area contributed by atoms with Crippen LogP contribution in [0.5, 0.6) is 11.5 Å². The standard InChI is InChI=1S/C32H36N6O3/c1-20(2)26-10-11-27(37-36-26)22-6-8-25(9-7-22)41-28-17-23(4-5-24(28)19-38-18-21(3)16-29(38)39)30-34-31(40)32(35-30)12-14-33-15-13-32/h4-11,17,20-21,33H,12-16,18-19H2,1-3H3,(H,34,35,40)/t21-/m0/s1. The molecule has 2 aromatic carbocycles. The molecule has 2 saturated heterocycles. The van der Waals surface area contributed by atoms with Crippen LogP contribution in [-0.4, -0.2) is 57.9 Å². The van der Waals surface area contributed by atoms with Gasteiger partial charge in [0, 0.05) is 36.2 Å². The Morgan fingerprint density at radius 3 is 2.41 bits per heavy atom. The van der Waals surface area contributed by atoms with Crippen molar-refractivity contribution in [3.63, 3.8) is 0 Å². The topological polar surface area (TPSA) is 109 Å². The Hall–Kier alpha value is -4.11. The van der Waals surface area contributed by atoms with Gasteiger partial charge in [0.2, 0.25) is 5.91 Å². The quantitative estimate of drug-likeness (QED) is 0.449. The van der Waals surface area contributed by atoms with E-state index in [-0.39, 0.29) is 11.8 Å². The number of nitrogens with zero attached hydrogens (tertiary/aromatic N) is 4. The second-order valence-corrected chi connectivity index (χ2v) is 11.7. The van der Waals surface area contributed by atoms with E-state index in [1.54, 1.807) is 0 Å². The van der Waals surface area contributed by atoms with Gasteiger partial charge in [-0.25, -0.2) is 0 Å². The Morgan fingerprint density at radius 2 is 1.76 bits per heavy atom. The largest absolute Gasteiger partial charge is 0.457 e. The molecular weight excluding hydrogens is 516 g/mol. The first-order valence-corrected chi connectivity index (χ1v) is 14.4. The van der Waals surface area contributed by atoms with E-state index in [2.05, 4.69) is 41.6 Å². The van der Waals surface area contributed by atoms with Crippen molar-refractivity contribution in [1.82, 2.24) is 25.7 Å². The maximum atomic E-state index is 12.9. The smallest absolute Gasteiger partial charge is 0.253 e. The lowest BCUT2D eigenvalue weighted by atomic mass is 9.89. The summed E-state index contributed by atoms with van der Waals surface area (Å²) in [7, 11) is 0. The maximum Gasteiger partial charge on any atom is 0.253 e. The molecule has 6 rings (SSSR count). The molecule has 41 heavy (non-hydrogen) atoms. The number of ether oxygens (including phenoxy) is 1. The number of amides is 2. The molecule has 2 amide bonds. The molecule has 3 aliphatic heterocycles. The van der Waals surface area contributed by atoms with Crippen LogP contribution < -0.4 is 15.4 Å². The summed E-state index contributed by atoms with van der Waals surface area (Å²) >= 11 is 0. The Bertz CT molecular complexity index is 1480. The van der Waals surface area contributed by atoms with Crippen molar-refractivity contribution in [1.29, 1.82) is 0 Å². The molecule has 0 aliphatic carbocycles. The minimum atomic E-state index is -0.704. The summed E-state index contributed by atoms with van der Waals surface area (Å²) in [5, 5.41) is 15.1. The van der Waals surface area contributed by atoms with Crippen LogP contribution in [0.15, 0.2) is 59.6 Å². The van der Waals surface area contributed by atoms with Crippen LogP contribution in [0.1, 0.15) is 62.8 Å². The summed E-state index contributed by atoms with van der Waals surface area (Å²) in [5.41, 5.74) is 3.68. The Labute approximate surface area is 240 Å². The van der Waals surface area contributed by atoms with Gasteiger partial charge >= 0.3 is 0 Å². The van der Waals surface area contributed by atoms with E-state index in [0.29, 0.717) is 55.0 Å².